The fraction of sp³-hybridized carbons (Fsp3) is 0.400. The summed E-state index contributed by atoms with van der Waals surface area (Å²) in [5.74, 6) is 0.126. The maximum Gasteiger partial charge on any atom is 0.327 e. The summed E-state index contributed by atoms with van der Waals surface area (Å²) in [6, 6.07) is 8.08. The molecule has 0 aromatic heterocycles. The van der Waals surface area contributed by atoms with E-state index in [2.05, 4.69) is 40.9 Å². The molecule has 0 aliphatic carbocycles. The third kappa shape index (κ3) is 4.64. The van der Waals surface area contributed by atoms with Crippen LogP contribution < -0.4 is 32.3 Å². The molecule has 2 aliphatic rings. The third-order valence-electron chi connectivity index (χ3n) is 4.90. The van der Waals surface area contributed by atoms with Gasteiger partial charge in [0.2, 0.25) is 0 Å². The van der Waals surface area contributed by atoms with Gasteiger partial charge in [0.1, 0.15) is 6.17 Å². The fourth-order valence-electron chi connectivity index (χ4n) is 3.27. The van der Waals surface area contributed by atoms with Gasteiger partial charge in [-0.3, -0.25) is 9.89 Å². The number of fused-ring (bicyclic) bond motifs is 1. The molecule has 28 heavy (non-hydrogen) atoms. The van der Waals surface area contributed by atoms with E-state index >= 15 is 0 Å². The minimum Gasteiger partial charge on any atom is -0.370 e. The minimum absolute atomic E-state index is 0.124. The SMILES string of the molecule is CCC1=CC2=CN(c3ccc(C(C)NCCCN=C(N)N)cc3)C(=O)NC2N1. The van der Waals surface area contributed by atoms with E-state index in [-0.39, 0.29) is 24.2 Å². The van der Waals surface area contributed by atoms with E-state index in [0.29, 0.717) is 6.54 Å². The molecule has 0 fully saturated rings. The Morgan fingerprint density at radius 1 is 1.29 bits per heavy atom. The zero-order chi connectivity index (χ0) is 20.1. The van der Waals surface area contributed by atoms with Crippen LogP contribution in [0.15, 0.2) is 52.8 Å². The molecule has 8 nitrogen and oxygen atoms in total. The number of urea groups is 1. The van der Waals surface area contributed by atoms with E-state index < -0.39 is 0 Å². The molecule has 1 aromatic rings. The number of allylic oxidation sites excluding steroid dienone is 1. The van der Waals surface area contributed by atoms with E-state index in [1.54, 1.807) is 4.90 Å². The van der Waals surface area contributed by atoms with Crippen molar-refractivity contribution in [1.29, 1.82) is 0 Å². The van der Waals surface area contributed by atoms with E-state index in [0.717, 1.165) is 41.9 Å². The van der Waals surface area contributed by atoms with Crippen LogP contribution in [-0.2, 0) is 0 Å². The van der Waals surface area contributed by atoms with Crippen LogP contribution in [0.5, 0.6) is 0 Å². The first-order valence-electron chi connectivity index (χ1n) is 9.65. The monoisotopic (exact) mass is 383 g/mol. The molecular weight excluding hydrogens is 354 g/mol. The Hall–Kier alpha value is -3.00. The van der Waals surface area contributed by atoms with Crippen molar-refractivity contribution in [1.82, 2.24) is 16.0 Å². The topological polar surface area (TPSA) is 121 Å². The highest BCUT2D eigenvalue weighted by molar-refractivity contribution is 5.96. The van der Waals surface area contributed by atoms with Gasteiger partial charge in [-0.25, -0.2) is 4.79 Å². The smallest absolute Gasteiger partial charge is 0.327 e. The normalized spacial score (nSPS) is 19.1. The zero-order valence-corrected chi connectivity index (χ0v) is 16.4. The van der Waals surface area contributed by atoms with Gasteiger partial charge in [0, 0.05) is 30.1 Å². The van der Waals surface area contributed by atoms with Gasteiger partial charge in [0.15, 0.2) is 5.96 Å². The molecule has 0 saturated carbocycles. The van der Waals surface area contributed by atoms with Gasteiger partial charge in [0.05, 0.1) is 5.69 Å². The molecule has 150 valence electrons. The number of carbonyl (C=O) groups is 1. The van der Waals surface area contributed by atoms with Gasteiger partial charge in [-0.1, -0.05) is 19.1 Å². The van der Waals surface area contributed by atoms with Crippen LogP contribution in [0.1, 0.15) is 38.3 Å². The van der Waals surface area contributed by atoms with Crippen molar-refractivity contribution < 1.29 is 4.79 Å². The van der Waals surface area contributed by atoms with Gasteiger partial charge in [-0.15, -0.1) is 0 Å². The fourth-order valence-corrected chi connectivity index (χ4v) is 3.27. The number of amides is 2. The van der Waals surface area contributed by atoms with E-state index in [4.69, 9.17) is 11.5 Å². The molecule has 0 spiro atoms. The highest BCUT2D eigenvalue weighted by Gasteiger charge is 2.30. The number of nitrogens with zero attached hydrogens (tertiary/aromatic N) is 2. The summed E-state index contributed by atoms with van der Waals surface area (Å²) in [4.78, 5) is 18.1. The maximum atomic E-state index is 12.5. The van der Waals surface area contributed by atoms with Crippen LogP contribution in [0.4, 0.5) is 10.5 Å². The molecule has 1 aromatic carbocycles. The van der Waals surface area contributed by atoms with Gasteiger partial charge in [-0.05, 0) is 50.1 Å². The number of aliphatic imine (C=N–C) groups is 1. The molecule has 2 atom stereocenters. The molecule has 0 bridgehead atoms. The summed E-state index contributed by atoms with van der Waals surface area (Å²) in [6.45, 7) is 5.63. The number of nitrogens with two attached hydrogens (primary N) is 2. The summed E-state index contributed by atoms with van der Waals surface area (Å²) < 4.78 is 0. The van der Waals surface area contributed by atoms with Gasteiger partial charge >= 0.3 is 6.03 Å². The van der Waals surface area contributed by atoms with E-state index in [9.17, 15) is 4.79 Å². The number of anilines is 1. The summed E-state index contributed by atoms with van der Waals surface area (Å²) in [7, 11) is 0. The Bertz CT molecular complexity index is 793. The second-order valence-corrected chi connectivity index (χ2v) is 6.98. The Kier molecular flexibility index (Phi) is 6.20. The van der Waals surface area contributed by atoms with Crippen LogP contribution in [-0.4, -0.2) is 31.2 Å². The Balaban J connectivity index is 1.61. The average Bonchev–Trinajstić information content (AvgIpc) is 3.08. The van der Waals surface area contributed by atoms with Crippen molar-refractivity contribution in [2.75, 3.05) is 18.0 Å². The number of nitrogens with one attached hydrogen (secondary N) is 3. The molecule has 2 unspecified atom stereocenters. The number of carbonyl (C=O) groups excluding carboxylic acids is 1. The lowest BCUT2D eigenvalue weighted by atomic mass is 10.1. The van der Waals surface area contributed by atoms with Crippen molar-refractivity contribution in [3.63, 3.8) is 0 Å². The molecular formula is C20H29N7O. The van der Waals surface area contributed by atoms with E-state index in [1.807, 2.05) is 30.5 Å². The lowest BCUT2D eigenvalue weighted by molar-refractivity contribution is 0.243. The third-order valence-corrected chi connectivity index (χ3v) is 4.90. The first kappa shape index (κ1) is 19.8. The summed E-state index contributed by atoms with van der Waals surface area (Å²) >= 11 is 0. The van der Waals surface area contributed by atoms with Crippen molar-refractivity contribution in [3.05, 3.63) is 53.4 Å². The lowest BCUT2D eigenvalue weighted by Crippen LogP contribution is -2.51. The number of guanidine groups is 1. The number of hydrogen-bond donors (Lipinski definition) is 5. The van der Waals surface area contributed by atoms with Crippen molar-refractivity contribution in [2.24, 2.45) is 16.5 Å². The second kappa shape index (κ2) is 8.79. The number of hydrogen-bond acceptors (Lipinski definition) is 4. The van der Waals surface area contributed by atoms with Gasteiger partial charge in [-0.2, -0.15) is 0 Å². The first-order valence-corrected chi connectivity index (χ1v) is 9.65. The van der Waals surface area contributed by atoms with Crippen LogP contribution in [0.3, 0.4) is 0 Å². The Morgan fingerprint density at radius 2 is 2.04 bits per heavy atom. The Morgan fingerprint density at radius 3 is 2.71 bits per heavy atom. The minimum atomic E-state index is -0.134. The molecule has 2 aliphatic heterocycles. The van der Waals surface area contributed by atoms with Crippen LogP contribution >= 0.6 is 0 Å². The quantitative estimate of drug-likeness (QED) is 0.265. The summed E-state index contributed by atoms with van der Waals surface area (Å²) in [6.07, 6.45) is 5.65. The molecule has 2 amide bonds. The maximum absolute atomic E-state index is 12.5. The van der Waals surface area contributed by atoms with Gasteiger partial charge < -0.3 is 27.4 Å². The van der Waals surface area contributed by atoms with Crippen LogP contribution in [0, 0.1) is 0 Å². The van der Waals surface area contributed by atoms with Crippen LogP contribution in [0.2, 0.25) is 0 Å². The molecule has 7 N–H and O–H groups in total. The standard InChI is InChI=1S/C20H29N7O/c1-3-16-11-15-12-27(20(28)26-18(15)25-16)17-7-5-14(6-8-17)13(2)23-9-4-10-24-19(21)22/h5-8,11-13,18,23,25H,3-4,9-10H2,1-2H3,(H,26,28)(H4,21,22,24). The zero-order valence-electron chi connectivity index (χ0n) is 16.4. The van der Waals surface area contributed by atoms with Gasteiger partial charge in [0.25, 0.3) is 0 Å². The highest BCUT2D eigenvalue weighted by atomic mass is 16.2. The predicted molar refractivity (Wildman–Crippen MR) is 113 cm³/mol. The second-order valence-electron chi connectivity index (χ2n) is 6.98. The highest BCUT2D eigenvalue weighted by Crippen LogP contribution is 2.26. The molecule has 3 rings (SSSR count). The summed E-state index contributed by atoms with van der Waals surface area (Å²) in [5, 5.41) is 9.75. The van der Waals surface area contributed by atoms with E-state index in [1.165, 1.54) is 0 Å². The number of benzene rings is 1. The van der Waals surface area contributed by atoms with Crippen molar-refractivity contribution in [2.45, 2.75) is 38.9 Å². The number of rotatable bonds is 8. The first-order chi connectivity index (χ1) is 13.5. The molecule has 8 heteroatoms. The van der Waals surface area contributed by atoms with Crippen molar-refractivity contribution >= 4 is 17.7 Å². The lowest BCUT2D eigenvalue weighted by Gasteiger charge is -2.29. The van der Waals surface area contributed by atoms with Crippen molar-refractivity contribution in [3.8, 4) is 0 Å². The average molecular weight is 384 g/mol. The largest absolute Gasteiger partial charge is 0.370 e. The van der Waals surface area contributed by atoms with Crippen LogP contribution in [0.25, 0.3) is 0 Å². The summed E-state index contributed by atoms with van der Waals surface area (Å²) in [5.41, 5.74) is 14.8. The predicted octanol–water partition coefficient (Wildman–Crippen LogP) is 1.64. The molecule has 0 saturated heterocycles. The molecule has 0 radical (unpaired) electrons. The Labute approximate surface area is 165 Å². The molecule has 2 heterocycles.